The molecule has 0 radical (unpaired) electrons. The second kappa shape index (κ2) is 4.77. The van der Waals surface area contributed by atoms with Gasteiger partial charge in [-0.15, -0.1) is 0 Å². The minimum atomic E-state index is -2.19. The molecule has 3 amide bonds. The van der Waals surface area contributed by atoms with Crippen LogP contribution in [0.4, 0.5) is 10.6 Å². The fraction of sp³-hybridized carbons (Fsp3) is 0.462. The van der Waals surface area contributed by atoms with Crippen LogP contribution >= 0.6 is 0 Å². The molecule has 0 N–H and O–H groups in total. The van der Waals surface area contributed by atoms with Gasteiger partial charge in [-0.25, -0.2) is 0 Å². The molecule has 0 saturated heterocycles. The first-order chi connectivity index (χ1) is 8.71. The van der Waals surface area contributed by atoms with Crippen molar-refractivity contribution < 1.29 is 9.59 Å². The van der Waals surface area contributed by atoms with Crippen LogP contribution in [0.2, 0.25) is 14.8 Å². The van der Waals surface area contributed by atoms with Crippen molar-refractivity contribution in [1.82, 2.24) is 9.88 Å². The van der Waals surface area contributed by atoms with Crippen LogP contribution in [0.3, 0.4) is 0 Å². The molecule has 5 nitrogen and oxygen atoms in total. The molecule has 0 unspecified atom stereocenters. The first-order valence-electron chi connectivity index (χ1n) is 6.27. The van der Waals surface area contributed by atoms with E-state index >= 15 is 0 Å². The SMILES string of the molecule is CC(=O)N1Cc2c[c]([Sn]([CH3])([CH3])[CH3])cnc2N(C)C1=O. The summed E-state index contributed by atoms with van der Waals surface area (Å²) in [7, 11) is 1.66. The van der Waals surface area contributed by atoms with Gasteiger partial charge in [0.15, 0.2) is 0 Å². The number of pyridine rings is 1. The molecule has 0 saturated carbocycles. The Morgan fingerprint density at radius 3 is 2.53 bits per heavy atom. The van der Waals surface area contributed by atoms with Gasteiger partial charge in [0.2, 0.25) is 0 Å². The second-order valence-electron chi connectivity index (χ2n) is 5.90. The molecule has 0 aromatic carbocycles. The van der Waals surface area contributed by atoms with Gasteiger partial charge in [-0.1, -0.05) is 0 Å². The van der Waals surface area contributed by atoms with Crippen molar-refractivity contribution in [2.45, 2.75) is 28.3 Å². The average molecular weight is 368 g/mol. The number of hydrogen-bond acceptors (Lipinski definition) is 3. The number of fused-ring (bicyclic) bond motifs is 1. The number of rotatable bonds is 1. The minimum absolute atomic E-state index is 0.229. The van der Waals surface area contributed by atoms with E-state index in [1.54, 1.807) is 7.05 Å². The van der Waals surface area contributed by atoms with Crippen LogP contribution in [0, 0.1) is 0 Å². The summed E-state index contributed by atoms with van der Waals surface area (Å²) in [5.41, 5.74) is 0.960. The number of carbonyl (C=O) groups excluding carboxylic acids is 2. The summed E-state index contributed by atoms with van der Waals surface area (Å²) in [5, 5.41) is 0. The molecule has 0 aliphatic carbocycles. The summed E-state index contributed by atoms with van der Waals surface area (Å²) >= 11 is -2.19. The molecular weight excluding hydrogens is 349 g/mol. The molecule has 0 fully saturated rings. The zero-order chi connectivity index (χ0) is 14.4. The normalized spacial score (nSPS) is 15.5. The zero-order valence-corrected chi connectivity index (χ0v) is 14.9. The van der Waals surface area contributed by atoms with E-state index in [1.807, 2.05) is 6.20 Å². The van der Waals surface area contributed by atoms with E-state index in [0.29, 0.717) is 12.4 Å². The maximum absolute atomic E-state index is 12.0. The molecule has 2 rings (SSSR count). The Labute approximate surface area is 117 Å². The van der Waals surface area contributed by atoms with Crippen LogP contribution in [0.5, 0.6) is 0 Å². The van der Waals surface area contributed by atoms with Gasteiger partial charge in [-0.3, -0.25) is 0 Å². The standard InChI is InChI=1S/C10H10N3O2.3CH3.Sn/c1-7(14)13-6-8-4-3-5-11-9(8)12(2)10(13)15;;;;/h4-5H,6H2,1-2H3;3*1H3;. The third-order valence-corrected chi connectivity index (χ3v) is 9.08. The predicted octanol–water partition coefficient (Wildman–Crippen LogP) is 1.55. The summed E-state index contributed by atoms with van der Waals surface area (Å²) < 4.78 is 1.30. The fourth-order valence-electron chi connectivity index (χ4n) is 2.09. The average Bonchev–Trinajstić information content (AvgIpc) is 2.31. The monoisotopic (exact) mass is 369 g/mol. The summed E-state index contributed by atoms with van der Waals surface area (Å²) in [6.45, 7) is 1.74. The van der Waals surface area contributed by atoms with Crippen LogP contribution in [0.1, 0.15) is 12.5 Å². The van der Waals surface area contributed by atoms with Crippen molar-refractivity contribution >= 4 is 39.7 Å². The Morgan fingerprint density at radius 1 is 1.37 bits per heavy atom. The van der Waals surface area contributed by atoms with E-state index in [0.717, 1.165) is 5.56 Å². The van der Waals surface area contributed by atoms with Crippen molar-refractivity contribution in [3.05, 3.63) is 17.8 Å². The van der Waals surface area contributed by atoms with Crippen molar-refractivity contribution in [3.63, 3.8) is 0 Å². The van der Waals surface area contributed by atoms with E-state index in [4.69, 9.17) is 0 Å². The number of urea groups is 1. The molecule has 6 heteroatoms. The number of amides is 3. The van der Waals surface area contributed by atoms with Crippen LogP contribution in [0.25, 0.3) is 0 Å². The molecule has 0 bridgehead atoms. The van der Waals surface area contributed by atoms with Gasteiger partial charge in [0.25, 0.3) is 0 Å². The summed E-state index contributed by atoms with van der Waals surface area (Å²) in [4.78, 5) is 37.6. The van der Waals surface area contributed by atoms with Crippen LogP contribution in [-0.4, -0.2) is 47.2 Å². The van der Waals surface area contributed by atoms with E-state index in [2.05, 4.69) is 25.9 Å². The van der Waals surface area contributed by atoms with Crippen molar-refractivity contribution in [3.8, 4) is 0 Å². The molecule has 1 aromatic heterocycles. The number of carbonyl (C=O) groups is 2. The molecule has 2 heterocycles. The Balaban J connectivity index is 2.49. The van der Waals surface area contributed by atoms with Crippen LogP contribution in [0.15, 0.2) is 12.3 Å². The van der Waals surface area contributed by atoms with Gasteiger partial charge < -0.3 is 0 Å². The maximum atomic E-state index is 12.0. The zero-order valence-electron chi connectivity index (χ0n) is 12.0. The first kappa shape index (κ1) is 14.3. The van der Waals surface area contributed by atoms with Crippen molar-refractivity contribution in [2.24, 2.45) is 0 Å². The summed E-state index contributed by atoms with van der Waals surface area (Å²) in [6.07, 6.45) is 1.89. The van der Waals surface area contributed by atoms with Crippen LogP contribution in [-0.2, 0) is 11.3 Å². The molecule has 102 valence electrons. The number of nitrogens with zero attached hydrogens (tertiary/aromatic N) is 3. The molecule has 0 spiro atoms. The Kier molecular flexibility index (Phi) is 3.59. The molecule has 19 heavy (non-hydrogen) atoms. The van der Waals surface area contributed by atoms with Gasteiger partial charge in [0, 0.05) is 0 Å². The Bertz CT molecular complexity index is 551. The molecule has 1 aliphatic rings. The van der Waals surface area contributed by atoms with Gasteiger partial charge in [0.1, 0.15) is 0 Å². The predicted molar refractivity (Wildman–Crippen MR) is 77.2 cm³/mol. The van der Waals surface area contributed by atoms with Crippen molar-refractivity contribution in [1.29, 1.82) is 0 Å². The third kappa shape index (κ3) is 2.61. The number of hydrogen-bond donors (Lipinski definition) is 0. The van der Waals surface area contributed by atoms with Gasteiger partial charge in [-0.05, 0) is 0 Å². The number of aromatic nitrogens is 1. The Morgan fingerprint density at radius 2 is 2.00 bits per heavy atom. The molecule has 1 aromatic rings. The van der Waals surface area contributed by atoms with Crippen LogP contribution < -0.4 is 8.48 Å². The van der Waals surface area contributed by atoms with E-state index in [9.17, 15) is 9.59 Å². The molecule has 1 aliphatic heterocycles. The fourth-order valence-corrected chi connectivity index (χ4v) is 5.11. The number of imide groups is 1. The molecular formula is C13H19N3O2Sn. The topological polar surface area (TPSA) is 53.5 Å². The van der Waals surface area contributed by atoms with Crippen molar-refractivity contribution in [2.75, 3.05) is 11.9 Å². The van der Waals surface area contributed by atoms with E-state index in [1.165, 1.54) is 20.3 Å². The second-order valence-corrected chi connectivity index (χ2v) is 20.4. The Hall–Kier alpha value is -1.11. The first-order valence-corrected chi connectivity index (χ1v) is 16.3. The summed E-state index contributed by atoms with van der Waals surface area (Å²) in [5.74, 6) is 0.439. The number of anilines is 1. The van der Waals surface area contributed by atoms with E-state index in [-0.39, 0.29) is 11.9 Å². The van der Waals surface area contributed by atoms with Gasteiger partial charge in [0.05, 0.1) is 0 Å². The van der Waals surface area contributed by atoms with Gasteiger partial charge in [-0.2, -0.15) is 0 Å². The van der Waals surface area contributed by atoms with E-state index < -0.39 is 18.4 Å². The third-order valence-electron chi connectivity index (χ3n) is 3.35. The molecule has 0 atom stereocenters. The van der Waals surface area contributed by atoms with Gasteiger partial charge >= 0.3 is 117 Å². The quantitative estimate of drug-likeness (QED) is 0.707. The summed E-state index contributed by atoms with van der Waals surface area (Å²) in [6, 6.07) is 1.82.